The molecule has 0 amide bonds. The zero-order chi connectivity index (χ0) is 15.1. The molecule has 0 fully saturated rings. The van der Waals surface area contributed by atoms with Crippen molar-refractivity contribution >= 4 is 17.0 Å². The van der Waals surface area contributed by atoms with Crippen molar-refractivity contribution in [2.75, 3.05) is 0 Å². The molecule has 0 radical (unpaired) electrons. The molecule has 21 heavy (non-hydrogen) atoms. The fourth-order valence-electron chi connectivity index (χ4n) is 2.31. The summed E-state index contributed by atoms with van der Waals surface area (Å²) in [6.07, 6.45) is 0. The van der Waals surface area contributed by atoms with Gasteiger partial charge in [-0.1, -0.05) is 6.07 Å². The van der Waals surface area contributed by atoms with Gasteiger partial charge < -0.3 is 5.11 Å². The molecule has 1 N–H and O–H groups in total. The molecule has 0 saturated carbocycles. The molecule has 0 atom stereocenters. The van der Waals surface area contributed by atoms with Gasteiger partial charge in [-0.3, -0.25) is 4.57 Å². The number of hydrogen-bond donors (Lipinski definition) is 1. The number of aryl methyl sites for hydroxylation is 1. The number of carboxylic acid groups (broad SMARTS) is 1. The van der Waals surface area contributed by atoms with Crippen LogP contribution in [0.2, 0.25) is 0 Å². The molecule has 0 aliphatic heterocycles. The van der Waals surface area contributed by atoms with Crippen molar-refractivity contribution in [1.29, 1.82) is 0 Å². The minimum Gasteiger partial charge on any atom is -0.478 e. The summed E-state index contributed by atoms with van der Waals surface area (Å²) in [6, 6.07) is 7.82. The number of carboxylic acids is 1. The highest BCUT2D eigenvalue weighted by molar-refractivity contribution is 5.93. The van der Waals surface area contributed by atoms with Crippen LogP contribution in [-0.4, -0.2) is 20.6 Å². The number of carbonyl (C=O) groups is 1. The van der Waals surface area contributed by atoms with Crippen LogP contribution in [-0.2, 0) is 0 Å². The van der Waals surface area contributed by atoms with Crippen molar-refractivity contribution in [2.24, 2.45) is 0 Å². The molecule has 1 aromatic heterocycles. The Morgan fingerprint density at radius 3 is 2.48 bits per heavy atom. The third kappa shape index (κ3) is 2.05. The minimum atomic E-state index is -1.11. The number of aromatic carboxylic acids is 1. The van der Waals surface area contributed by atoms with Gasteiger partial charge in [0.15, 0.2) is 0 Å². The van der Waals surface area contributed by atoms with Gasteiger partial charge in [-0.05, 0) is 37.3 Å². The standard InChI is InChI=1S/C15H10F2N2O2/c1-8-18-12-6-5-9(15(20)21)7-13(12)19(8)14-10(16)3-2-4-11(14)17/h2-7H,1H3,(H,20,21). The summed E-state index contributed by atoms with van der Waals surface area (Å²) < 4.78 is 29.2. The Kier molecular flexibility index (Phi) is 2.94. The molecular formula is C15H10F2N2O2. The van der Waals surface area contributed by atoms with Crippen LogP contribution in [0.15, 0.2) is 36.4 Å². The molecule has 0 saturated heterocycles. The molecule has 2 aromatic carbocycles. The summed E-state index contributed by atoms with van der Waals surface area (Å²) in [7, 11) is 0. The second kappa shape index (κ2) is 4.66. The first-order valence-electron chi connectivity index (χ1n) is 6.16. The van der Waals surface area contributed by atoms with E-state index in [4.69, 9.17) is 5.11 Å². The van der Waals surface area contributed by atoms with E-state index >= 15 is 0 Å². The minimum absolute atomic E-state index is 0.0281. The normalized spacial score (nSPS) is 11.0. The zero-order valence-electron chi connectivity index (χ0n) is 11.0. The van der Waals surface area contributed by atoms with E-state index in [0.29, 0.717) is 16.9 Å². The van der Waals surface area contributed by atoms with Crippen molar-refractivity contribution < 1.29 is 18.7 Å². The summed E-state index contributed by atoms with van der Waals surface area (Å²) >= 11 is 0. The average molecular weight is 288 g/mol. The summed E-state index contributed by atoms with van der Waals surface area (Å²) in [5.74, 6) is -2.22. The molecule has 6 heteroatoms. The van der Waals surface area contributed by atoms with Gasteiger partial charge in [0.2, 0.25) is 0 Å². The predicted octanol–water partition coefficient (Wildman–Crippen LogP) is 3.31. The summed E-state index contributed by atoms with van der Waals surface area (Å²) in [4.78, 5) is 15.3. The van der Waals surface area contributed by atoms with Crippen LogP contribution >= 0.6 is 0 Å². The quantitative estimate of drug-likeness (QED) is 0.787. The molecule has 0 aliphatic rings. The predicted molar refractivity (Wildman–Crippen MR) is 72.7 cm³/mol. The number of hydrogen-bond acceptors (Lipinski definition) is 2. The van der Waals surface area contributed by atoms with Crippen LogP contribution < -0.4 is 0 Å². The Morgan fingerprint density at radius 1 is 1.19 bits per heavy atom. The lowest BCUT2D eigenvalue weighted by atomic mass is 10.2. The van der Waals surface area contributed by atoms with Crippen LogP contribution in [0.25, 0.3) is 16.7 Å². The van der Waals surface area contributed by atoms with Crippen molar-refractivity contribution in [3.8, 4) is 5.69 Å². The smallest absolute Gasteiger partial charge is 0.335 e. The molecule has 3 rings (SSSR count). The van der Waals surface area contributed by atoms with E-state index in [1.807, 2.05) is 0 Å². The lowest BCUT2D eigenvalue weighted by molar-refractivity contribution is 0.0697. The topological polar surface area (TPSA) is 55.1 Å². The molecule has 3 aromatic rings. The van der Waals surface area contributed by atoms with Crippen molar-refractivity contribution in [2.45, 2.75) is 6.92 Å². The molecule has 0 spiro atoms. The molecule has 0 bridgehead atoms. The van der Waals surface area contributed by atoms with Crippen LogP contribution in [0.5, 0.6) is 0 Å². The van der Waals surface area contributed by atoms with Gasteiger partial charge in [-0.25, -0.2) is 18.6 Å². The highest BCUT2D eigenvalue weighted by atomic mass is 19.1. The van der Waals surface area contributed by atoms with Crippen LogP contribution in [0, 0.1) is 18.6 Å². The van der Waals surface area contributed by atoms with E-state index in [2.05, 4.69) is 4.98 Å². The maximum atomic E-state index is 14.0. The maximum Gasteiger partial charge on any atom is 0.335 e. The first-order chi connectivity index (χ1) is 9.99. The number of fused-ring (bicyclic) bond motifs is 1. The Morgan fingerprint density at radius 2 is 1.86 bits per heavy atom. The fourth-order valence-corrected chi connectivity index (χ4v) is 2.31. The van der Waals surface area contributed by atoms with E-state index in [-0.39, 0.29) is 11.3 Å². The van der Waals surface area contributed by atoms with Gasteiger partial charge in [0.25, 0.3) is 0 Å². The summed E-state index contributed by atoms with van der Waals surface area (Å²) in [6.45, 7) is 1.60. The number of para-hydroxylation sites is 1. The molecule has 4 nitrogen and oxygen atoms in total. The first kappa shape index (κ1) is 13.2. The Hall–Kier alpha value is -2.76. The molecule has 0 unspecified atom stereocenters. The number of aromatic nitrogens is 2. The SMILES string of the molecule is Cc1nc2ccc(C(=O)O)cc2n1-c1c(F)cccc1F. The third-order valence-corrected chi connectivity index (χ3v) is 3.23. The Labute approximate surface area is 118 Å². The zero-order valence-corrected chi connectivity index (χ0v) is 11.0. The highest BCUT2D eigenvalue weighted by Crippen LogP contribution is 2.26. The second-order valence-corrected chi connectivity index (χ2v) is 4.57. The lowest BCUT2D eigenvalue weighted by Crippen LogP contribution is -2.04. The number of benzene rings is 2. The lowest BCUT2D eigenvalue weighted by Gasteiger charge is -2.09. The van der Waals surface area contributed by atoms with Crippen LogP contribution in [0.1, 0.15) is 16.2 Å². The number of nitrogens with zero attached hydrogens (tertiary/aromatic N) is 2. The van der Waals surface area contributed by atoms with E-state index < -0.39 is 17.6 Å². The van der Waals surface area contributed by atoms with E-state index in [1.165, 1.54) is 28.8 Å². The van der Waals surface area contributed by atoms with Crippen molar-refractivity contribution in [3.05, 3.63) is 59.4 Å². The largest absolute Gasteiger partial charge is 0.478 e. The molecule has 0 aliphatic carbocycles. The van der Waals surface area contributed by atoms with Gasteiger partial charge in [0.05, 0.1) is 16.6 Å². The number of imidazole rings is 1. The summed E-state index contributed by atoms with van der Waals surface area (Å²) in [5, 5.41) is 9.04. The second-order valence-electron chi connectivity index (χ2n) is 4.57. The van der Waals surface area contributed by atoms with Crippen molar-refractivity contribution in [3.63, 3.8) is 0 Å². The number of halogens is 2. The molecular weight excluding hydrogens is 278 g/mol. The van der Waals surface area contributed by atoms with E-state index in [9.17, 15) is 13.6 Å². The number of rotatable bonds is 2. The van der Waals surface area contributed by atoms with Gasteiger partial charge in [-0.15, -0.1) is 0 Å². The molecule has 1 heterocycles. The summed E-state index contributed by atoms with van der Waals surface area (Å²) in [5.41, 5.74) is 0.581. The monoisotopic (exact) mass is 288 g/mol. The van der Waals surface area contributed by atoms with Gasteiger partial charge in [0, 0.05) is 0 Å². The maximum absolute atomic E-state index is 14.0. The average Bonchev–Trinajstić information content (AvgIpc) is 2.74. The van der Waals surface area contributed by atoms with Gasteiger partial charge in [-0.2, -0.15) is 0 Å². The first-order valence-corrected chi connectivity index (χ1v) is 6.16. The van der Waals surface area contributed by atoms with Crippen LogP contribution in [0.3, 0.4) is 0 Å². The van der Waals surface area contributed by atoms with Gasteiger partial charge >= 0.3 is 5.97 Å². The highest BCUT2D eigenvalue weighted by Gasteiger charge is 2.17. The third-order valence-electron chi connectivity index (χ3n) is 3.23. The van der Waals surface area contributed by atoms with Crippen molar-refractivity contribution in [1.82, 2.24) is 9.55 Å². The van der Waals surface area contributed by atoms with Gasteiger partial charge in [0.1, 0.15) is 23.1 Å². The molecule has 106 valence electrons. The van der Waals surface area contributed by atoms with E-state index in [1.54, 1.807) is 6.92 Å². The Bertz CT molecular complexity index is 851. The van der Waals surface area contributed by atoms with E-state index in [0.717, 1.165) is 12.1 Å². The fraction of sp³-hybridized carbons (Fsp3) is 0.0667. The Balaban J connectivity index is 2.39. The van der Waals surface area contributed by atoms with Crippen LogP contribution in [0.4, 0.5) is 8.78 Å².